The maximum Gasteiger partial charge on any atom is 0.232 e. The van der Waals surface area contributed by atoms with E-state index in [1.54, 1.807) is 6.26 Å². The van der Waals surface area contributed by atoms with Crippen LogP contribution in [0.25, 0.3) is 11.3 Å². The van der Waals surface area contributed by atoms with Crippen molar-refractivity contribution in [3.8, 4) is 11.3 Å². The Morgan fingerprint density at radius 2 is 2.12 bits per heavy atom. The van der Waals surface area contributed by atoms with E-state index in [4.69, 9.17) is 14.5 Å². The number of halogens is 1. The highest BCUT2D eigenvalue weighted by Gasteiger charge is 2.27. The molecule has 0 radical (unpaired) electrons. The van der Waals surface area contributed by atoms with Gasteiger partial charge in [-0.25, -0.2) is 4.98 Å². The molecule has 0 fully saturated rings. The Morgan fingerprint density at radius 3 is 2.79 bits per heavy atom. The summed E-state index contributed by atoms with van der Waals surface area (Å²) in [4.78, 5) is 10.3. The molecule has 0 aliphatic carbocycles. The molecular weight excluding hydrogens is 417 g/mol. The van der Waals surface area contributed by atoms with E-state index in [1.165, 1.54) is 0 Å². The van der Waals surface area contributed by atoms with E-state index in [1.807, 2.05) is 25.2 Å². The fourth-order valence-electron chi connectivity index (χ4n) is 2.91. The minimum atomic E-state index is 0.132. The molecule has 0 spiro atoms. The average Bonchev–Trinajstić information content (AvgIpc) is 3.26. The third-order valence-electron chi connectivity index (χ3n) is 4.19. The Balaban J connectivity index is 1.98. The fourth-order valence-corrected chi connectivity index (χ4v) is 3.44. The molecule has 3 rings (SSSR count). The van der Waals surface area contributed by atoms with E-state index in [0.29, 0.717) is 0 Å². The highest BCUT2D eigenvalue weighted by atomic mass is 127. The predicted molar refractivity (Wildman–Crippen MR) is 102 cm³/mol. The Hall–Kier alpha value is -1.70. The summed E-state index contributed by atoms with van der Waals surface area (Å²) >= 11 is 2.24. The molecule has 0 amide bonds. The summed E-state index contributed by atoms with van der Waals surface area (Å²) in [5, 5.41) is 0. The van der Waals surface area contributed by atoms with Crippen molar-refractivity contribution in [3.63, 3.8) is 0 Å². The first-order valence-electron chi connectivity index (χ1n) is 8.19. The predicted octanol–water partition coefficient (Wildman–Crippen LogP) is 4.65. The molecule has 128 valence electrons. The molecule has 0 saturated carbocycles. The van der Waals surface area contributed by atoms with Gasteiger partial charge in [0, 0.05) is 7.05 Å². The summed E-state index contributed by atoms with van der Waals surface area (Å²) in [5.41, 5.74) is 3.28. The number of benzene rings is 1. The summed E-state index contributed by atoms with van der Waals surface area (Å²) < 4.78 is 11.7. The van der Waals surface area contributed by atoms with Gasteiger partial charge in [0.15, 0.2) is 3.83 Å². The molecule has 2 aromatic rings. The average molecular weight is 439 g/mol. The van der Waals surface area contributed by atoms with Crippen molar-refractivity contribution in [1.29, 1.82) is 0 Å². The van der Waals surface area contributed by atoms with E-state index in [0.717, 1.165) is 45.9 Å². The molecule has 1 N–H and O–H groups in total. The van der Waals surface area contributed by atoms with Crippen LogP contribution in [0.1, 0.15) is 37.9 Å². The second-order valence-electron chi connectivity index (χ2n) is 5.81. The van der Waals surface area contributed by atoms with E-state index in [9.17, 15) is 0 Å². The summed E-state index contributed by atoms with van der Waals surface area (Å²) in [7, 11) is 2.04. The number of rotatable bonds is 7. The van der Waals surface area contributed by atoms with Crippen LogP contribution in [-0.4, -0.2) is 28.7 Å². The number of H-pyrrole nitrogens is 1. The SMILES string of the molecule is CCCCC(c1nc(I)[nH]c1-c1ccccc1)N(C)C1=COCO1. The first-order chi connectivity index (χ1) is 11.7. The minimum absolute atomic E-state index is 0.132. The molecule has 1 aliphatic rings. The lowest BCUT2D eigenvalue weighted by molar-refractivity contribution is 0.0432. The Labute approximate surface area is 156 Å². The van der Waals surface area contributed by atoms with E-state index < -0.39 is 0 Å². The van der Waals surface area contributed by atoms with Gasteiger partial charge in [0.2, 0.25) is 12.7 Å². The van der Waals surface area contributed by atoms with Crippen molar-refractivity contribution < 1.29 is 9.47 Å². The van der Waals surface area contributed by atoms with E-state index in [2.05, 4.69) is 51.5 Å². The smallest absolute Gasteiger partial charge is 0.232 e. The Kier molecular flexibility index (Phi) is 5.65. The van der Waals surface area contributed by atoms with Gasteiger partial charge in [-0.05, 0) is 34.6 Å². The number of hydrogen-bond acceptors (Lipinski definition) is 4. The van der Waals surface area contributed by atoms with Gasteiger partial charge >= 0.3 is 0 Å². The number of nitrogens with one attached hydrogen (secondary N) is 1. The first-order valence-corrected chi connectivity index (χ1v) is 9.26. The number of aromatic nitrogens is 2. The Morgan fingerprint density at radius 1 is 1.33 bits per heavy atom. The van der Waals surface area contributed by atoms with Gasteiger partial charge in [0.25, 0.3) is 0 Å². The molecular formula is C18H22IN3O2. The molecule has 1 aromatic carbocycles. The minimum Gasteiger partial charge on any atom is -0.459 e. The zero-order chi connectivity index (χ0) is 16.9. The monoisotopic (exact) mass is 439 g/mol. The van der Waals surface area contributed by atoms with Crippen molar-refractivity contribution in [1.82, 2.24) is 14.9 Å². The molecule has 6 heteroatoms. The van der Waals surface area contributed by atoms with Crippen molar-refractivity contribution in [2.75, 3.05) is 13.8 Å². The topological polar surface area (TPSA) is 50.4 Å². The molecule has 0 bridgehead atoms. The highest BCUT2D eigenvalue weighted by Crippen LogP contribution is 2.35. The summed E-state index contributed by atoms with van der Waals surface area (Å²) in [5.74, 6) is 0.758. The van der Waals surface area contributed by atoms with Gasteiger partial charge in [0.05, 0.1) is 17.4 Å². The summed E-state index contributed by atoms with van der Waals surface area (Å²) in [6.07, 6.45) is 4.96. The second kappa shape index (κ2) is 7.92. The molecule has 24 heavy (non-hydrogen) atoms. The Bertz CT molecular complexity index is 700. The summed E-state index contributed by atoms with van der Waals surface area (Å²) in [6, 6.07) is 10.5. The van der Waals surface area contributed by atoms with E-state index in [-0.39, 0.29) is 12.8 Å². The van der Waals surface area contributed by atoms with Crippen LogP contribution in [0.15, 0.2) is 42.5 Å². The number of ether oxygens (including phenoxy) is 2. The molecule has 1 aliphatic heterocycles. The lowest BCUT2D eigenvalue weighted by atomic mass is 10.0. The number of hydrogen-bond donors (Lipinski definition) is 1. The molecule has 1 aromatic heterocycles. The van der Waals surface area contributed by atoms with Crippen LogP contribution in [-0.2, 0) is 9.47 Å². The van der Waals surface area contributed by atoms with E-state index >= 15 is 0 Å². The molecule has 5 nitrogen and oxygen atoms in total. The van der Waals surface area contributed by atoms with Gasteiger partial charge in [0.1, 0.15) is 6.26 Å². The van der Waals surface area contributed by atoms with Crippen molar-refractivity contribution in [2.45, 2.75) is 32.2 Å². The lowest BCUT2D eigenvalue weighted by Crippen LogP contribution is -2.25. The van der Waals surface area contributed by atoms with Crippen LogP contribution < -0.4 is 0 Å². The summed E-state index contributed by atoms with van der Waals surface area (Å²) in [6.45, 7) is 2.49. The van der Waals surface area contributed by atoms with Crippen molar-refractivity contribution in [2.24, 2.45) is 0 Å². The highest BCUT2D eigenvalue weighted by molar-refractivity contribution is 14.1. The lowest BCUT2D eigenvalue weighted by Gasteiger charge is -2.28. The number of aromatic amines is 1. The normalized spacial score (nSPS) is 14.7. The zero-order valence-electron chi connectivity index (χ0n) is 14.0. The quantitative estimate of drug-likeness (QED) is 0.639. The second-order valence-corrected chi connectivity index (χ2v) is 6.83. The van der Waals surface area contributed by atoms with Gasteiger partial charge in [-0.2, -0.15) is 0 Å². The van der Waals surface area contributed by atoms with Gasteiger partial charge in [-0.15, -0.1) is 0 Å². The maximum atomic E-state index is 5.57. The van der Waals surface area contributed by atoms with Gasteiger partial charge in [-0.1, -0.05) is 50.1 Å². The van der Waals surface area contributed by atoms with Crippen LogP contribution >= 0.6 is 22.6 Å². The number of imidazole rings is 1. The standard InChI is InChI=1S/C18H22IN3O2/c1-3-4-10-14(22(2)15-11-23-12-24-15)17-16(20-18(19)21-17)13-8-6-5-7-9-13/h5-9,11,14H,3-4,10,12H2,1-2H3,(H,20,21). The van der Waals surface area contributed by atoms with Crippen LogP contribution in [0.3, 0.4) is 0 Å². The van der Waals surface area contributed by atoms with Gasteiger partial charge < -0.3 is 19.4 Å². The largest absolute Gasteiger partial charge is 0.459 e. The fraction of sp³-hybridized carbons (Fsp3) is 0.389. The van der Waals surface area contributed by atoms with Crippen molar-refractivity contribution in [3.05, 3.63) is 52.0 Å². The molecule has 1 atom stereocenters. The molecule has 1 unspecified atom stereocenters. The zero-order valence-corrected chi connectivity index (χ0v) is 16.1. The van der Waals surface area contributed by atoms with Crippen LogP contribution in [0.4, 0.5) is 0 Å². The van der Waals surface area contributed by atoms with Crippen LogP contribution in [0.2, 0.25) is 0 Å². The van der Waals surface area contributed by atoms with Crippen LogP contribution in [0, 0.1) is 3.83 Å². The van der Waals surface area contributed by atoms with Crippen molar-refractivity contribution >= 4 is 22.6 Å². The molecule has 2 heterocycles. The molecule has 0 saturated heterocycles. The third kappa shape index (κ3) is 3.68. The van der Waals surface area contributed by atoms with Crippen LogP contribution in [0.5, 0.6) is 0 Å². The van der Waals surface area contributed by atoms with Gasteiger partial charge in [-0.3, -0.25) is 0 Å². The first kappa shape index (κ1) is 17.1. The maximum absolute atomic E-state index is 5.57. The third-order valence-corrected chi connectivity index (χ3v) is 4.70. The number of nitrogens with zero attached hydrogens (tertiary/aromatic N) is 2. The number of unbranched alkanes of at least 4 members (excludes halogenated alkanes) is 1.